The van der Waals surface area contributed by atoms with Crippen LogP contribution in [0, 0.1) is 5.92 Å². The van der Waals surface area contributed by atoms with E-state index in [4.69, 9.17) is 5.73 Å². The van der Waals surface area contributed by atoms with Crippen molar-refractivity contribution < 1.29 is 0 Å². The molecule has 2 aromatic heterocycles. The number of nitrogens with two attached hydrogens (primary N) is 1. The second-order valence-electron chi connectivity index (χ2n) is 5.57. The highest BCUT2D eigenvalue weighted by molar-refractivity contribution is 5.45. The van der Waals surface area contributed by atoms with Crippen molar-refractivity contribution in [3.63, 3.8) is 0 Å². The van der Waals surface area contributed by atoms with Crippen molar-refractivity contribution in [2.45, 2.75) is 12.8 Å². The molecule has 3 rings (SSSR count). The molecule has 0 bridgehead atoms. The van der Waals surface area contributed by atoms with Gasteiger partial charge in [-0.3, -0.25) is 0 Å². The maximum absolute atomic E-state index is 5.78. The minimum absolute atomic E-state index is 0.256. The van der Waals surface area contributed by atoms with Crippen LogP contribution in [0.1, 0.15) is 12.8 Å². The van der Waals surface area contributed by atoms with E-state index < -0.39 is 0 Å². The lowest BCUT2D eigenvalue weighted by atomic mass is 9.98. The van der Waals surface area contributed by atoms with E-state index >= 15 is 0 Å². The third-order valence-electron chi connectivity index (χ3n) is 3.76. The molecule has 21 heavy (non-hydrogen) atoms. The minimum atomic E-state index is 0.256. The topological polar surface area (TPSA) is 84.9 Å². The van der Waals surface area contributed by atoms with Gasteiger partial charge in [0.15, 0.2) is 5.82 Å². The Hall–Kier alpha value is -2.15. The lowest BCUT2D eigenvalue weighted by Gasteiger charge is -2.29. The Morgan fingerprint density at radius 3 is 3.10 bits per heavy atom. The zero-order valence-electron chi connectivity index (χ0n) is 12.2. The standard InChI is InChI=1S/C14H21N7/c1-20-6-2-4-11(10-20)9-16-12-8-13(19-14(15)18-12)21-7-3-5-17-21/h3,5,7-8,11H,2,4,6,9-10H2,1H3,(H3,15,16,18,19). The van der Waals surface area contributed by atoms with E-state index in [1.807, 2.05) is 18.3 Å². The maximum Gasteiger partial charge on any atom is 0.224 e. The molecule has 0 aliphatic carbocycles. The second-order valence-corrected chi connectivity index (χ2v) is 5.57. The first-order chi connectivity index (χ1) is 10.2. The third-order valence-corrected chi connectivity index (χ3v) is 3.76. The number of nitrogen functional groups attached to an aromatic ring is 1. The lowest BCUT2D eigenvalue weighted by molar-refractivity contribution is 0.217. The van der Waals surface area contributed by atoms with Crippen LogP contribution in [0.3, 0.4) is 0 Å². The Balaban J connectivity index is 1.68. The number of nitrogens with one attached hydrogen (secondary N) is 1. The average molecular weight is 287 g/mol. The Bertz CT molecular complexity index is 581. The van der Waals surface area contributed by atoms with Crippen LogP contribution in [0.2, 0.25) is 0 Å². The molecule has 0 amide bonds. The SMILES string of the molecule is CN1CCCC(CNc2cc(-n3cccn3)nc(N)n2)C1. The van der Waals surface area contributed by atoms with Crippen molar-refractivity contribution in [1.82, 2.24) is 24.6 Å². The molecule has 1 aliphatic heterocycles. The van der Waals surface area contributed by atoms with E-state index in [1.54, 1.807) is 10.9 Å². The third kappa shape index (κ3) is 3.49. The smallest absolute Gasteiger partial charge is 0.224 e. The molecule has 7 heteroatoms. The average Bonchev–Trinajstić information content (AvgIpc) is 2.99. The molecular formula is C14H21N7. The zero-order valence-corrected chi connectivity index (χ0v) is 12.2. The Morgan fingerprint density at radius 2 is 2.33 bits per heavy atom. The summed E-state index contributed by atoms with van der Waals surface area (Å²) in [5.74, 6) is 2.33. The molecule has 112 valence electrons. The fourth-order valence-electron chi connectivity index (χ4n) is 2.75. The van der Waals surface area contributed by atoms with Gasteiger partial charge in [-0.25, -0.2) is 4.68 Å². The van der Waals surface area contributed by atoms with Gasteiger partial charge >= 0.3 is 0 Å². The van der Waals surface area contributed by atoms with Gasteiger partial charge in [-0.1, -0.05) is 0 Å². The van der Waals surface area contributed by atoms with Gasteiger partial charge in [0.25, 0.3) is 0 Å². The molecule has 7 nitrogen and oxygen atoms in total. The van der Waals surface area contributed by atoms with Crippen molar-refractivity contribution in [3.8, 4) is 5.82 Å². The van der Waals surface area contributed by atoms with Crippen molar-refractivity contribution in [2.75, 3.05) is 37.7 Å². The molecule has 3 heterocycles. The summed E-state index contributed by atoms with van der Waals surface area (Å²) in [5, 5.41) is 7.54. The summed E-state index contributed by atoms with van der Waals surface area (Å²) in [6, 6.07) is 3.72. The summed E-state index contributed by atoms with van der Waals surface area (Å²) >= 11 is 0. The fraction of sp³-hybridized carbons (Fsp3) is 0.500. The molecule has 1 aliphatic rings. The molecule has 1 unspecified atom stereocenters. The summed E-state index contributed by atoms with van der Waals surface area (Å²) in [4.78, 5) is 10.8. The summed E-state index contributed by atoms with van der Waals surface area (Å²) in [6.45, 7) is 3.22. The van der Waals surface area contributed by atoms with E-state index in [2.05, 4.69) is 32.3 Å². The van der Waals surface area contributed by atoms with E-state index in [1.165, 1.54) is 19.4 Å². The molecule has 0 spiro atoms. The Kier molecular flexibility index (Phi) is 4.01. The number of anilines is 2. The van der Waals surface area contributed by atoms with Crippen LogP contribution >= 0.6 is 0 Å². The number of nitrogens with zero attached hydrogens (tertiary/aromatic N) is 5. The first-order valence-electron chi connectivity index (χ1n) is 7.28. The number of hydrogen-bond acceptors (Lipinski definition) is 6. The van der Waals surface area contributed by atoms with Gasteiger partial charge in [0.1, 0.15) is 5.82 Å². The quantitative estimate of drug-likeness (QED) is 0.872. The molecule has 0 aromatic carbocycles. The van der Waals surface area contributed by atoms with E-state index in [-0.39, 0.29) is 5.95 Å². The van der Waals surface area contributed by atoms with Gasteiger partial charge in [0, 0.05) is 31.5 Å². The second kappa shape index (κ2) is 6.09. The van der Waals surface area contributed by atoms with Crippen molar-refractivity contribution >= 4 is 11.8 Å². The van der Waals surface area contributed by atoms with Crippen LogP contribution in [0.15, 0.2) is 24.5 Å². The van der Waals surface area contributed by atoms with E-state index in [0.717, 1.165) is 18.9 Å². The van der Waals surface area contributed by atoms with Crippen LogP contribution in [-0.4, -0.2) is 51.3 Å². The van der Waals surface area contributed by atoms with Gasteiger partial charge in [-0.2, -0.15) is 15.1 Å². The number of piperidine rings is 1. The maximum atomic E-state index is 5.78. The monoisotopic (exact) mass is 287 g/mol. The van der Waals surface area contributed by atoms with Gasteiger partial charge in [0.2, 0.25) is 5.95 Å². The lowest BCUT2D eigenvalue weighted by Crippen LogP contribution is -2.35. The van der Waals surface area contributed by atoms with E-state index in [0.29, 0.717) is 11.7 Å². The molecule has 1 fully saturated rings. The minimum Gasteiger partial charge on any atom is -0.370 e. The summed E-state index contributed by atoms with van der Waals surface area (Å²) in [7, 11) is 2.17. The first-order valence-corrected chi connectivity index (χ1v) is 7.28. The number of aromatic nitrogens is 4. The summed E-state index contributed by atoms with van der Waals surface area (Å²) in [5.41, 5.74) is 5.78. The first kappa shape index (κ1) is 13.8. The molecule has 3 N–H and O–H groups in total. The van der Waals surface area contributed by atoms with Crippen LogP contribution in [-0.2, 0) is 0 Å². The normalized spacial score (nSPS) is 19.6. The highest BCUT2D eigenvalue weighted by Gasteiger charge is 2.17. The number of hydrogen-bond donors (Lipinski definition) is 2. The van der Waals surface area contributed by atoms with Gasteiger partial charge < -0.3 is 16.0 Å². The fourth-order valence-corrected chi connectivity index (χ4v) is 2.75. The summed E-state index contributed by atoms with van der Waals surface area (Å²) < 4.78 is 1.68. The van der Waals surface area contributed by atoms with Gasteiger partial charge in [-0.05, 0) is 38.4 Å². The van der Waals surface area contributed by atoms with Crippen molar-refractivity contribution in [3.05, 3.63) is 24.5 Å². The van der Waals surface area contributed by atoms with Crippen LogP contribution in [0.25, 0.3) is 5.82 Å². The largest absolute Gasteiger partial charge is 0.370 e. The molecule has 0 radical (unpaired) electrons. The van der Waals surface area contributed by atoms with E-state index in [9.17, 15) is 0 Å². The summed E-state index contributed by atoms with van der Waals surface area (Å²) in [6.07, 6.45) is 6.06. The molecule has 1 saturated heterocycles. The van der Waals surface area contributed by atoms with Crippen molar-refractivity contribution in [2.24, 2.45) is 5.92 Å². The number of rotatable bonds is 4. The highest BCUT2D eigenvalue weighted by Crippen LogP contribution is 2.17. The van der Waals surface area contributed by atoms with Gasteiger partial charge in [0.05, 0.1) is 0 Å². The van der Waals surface area contributed by atoms with Crippen LogP contribution in [0.4, 0.5) is 11.8 Å². The van der Waals surface area contributed by atoms with Gasteiger partial charge in [-0.15, -0.1) is 0 Å². The zero-order chi connectivity index (χ0) is 14.7. The molecule has 1 atom stereocenters. The Morgan fingerprint density at radius 1 is 1.43 bits per heavy atom. The highest BCUT2D eigenvalue weighted by atomic mass is 15.3. The predicted octanol–water partition coefficient (Wildman–Crippen LogP) is 0.998. The number of likely N-dealkylation sites (tertiary alicyclic amines) is 1. The van der Waals surface area contributed by atoms with Crippen LogP contribution < -0.4 is 11.1 Å². The molecular weight excluding hydrogens is 266 g/mol. The molecule has 0 saturated carbocycles. The predicted molar refractivity (Wildman–Crippen MR) is 82.3 cm³/mol. The van der Waals surface area contributed by atoms with Crippen molar-refractivity contribution in [1.29, 1.82) is 0 Å². The van der Waals surface area contributed by atoms with Crippen LogP contribution in [0.5, 0.6) is 0 Å². The molecule has 2 aromatic rings. The Labute approximate surface area is 124 Å².